The van der Waals surface area contributed by atoms with E-state index in [1.165, 1.54) is 17.8 Å². The lowest BCUT2D eigenvalue weighted by Gasteiger charge is -2.31. The first-order valence-corrected chi connectivity index (χ1v) is 7.74. The van der Waals surface area contributed by atoms with E-state index in [9.17, 15) is 18.3 Å². The fourth-order valence-corrected chi connectivity index (χ4v) is 4.03. The zero-order valence-corrected chi connectivity index (χ0v) is 12.9. The molecule has 5 heteroatoms. The second-order valence-electron chi connectivity index (χ2n) is 5.72. The van der Waals surface area contributed by atoms with E-state index >= 15 is 0 Å². The Morgan fingerprint density at radius 1 is 1.09 bits per heavy atom. The van der Waals surface area contributed by atoms with Gasteiger partial charge in [0.05, 0.1) is 11.2 Å². The molecule has 1 aliphatic heterocycles. The van der Waals surface area contributed by atoms with Gasteiger partial charge in [-0.05, 0) is 42.3 Å². The molecular formula is C17H15F3OS. The molecule has 0 spiro atoms. The van der Waals surface area contributed by atoms with E-state index in [0.717, 1.165) is 22.6 Å². The molecule has 1 heterocycles. The number of rotatable bonds is 0. The van der Waals surface area contributed by atoms with Gasteiger partial charge in [-0.1, -0.05) is 36.9 Å². The summed E-state index contributed by atoms with van der Waals surface area (Å²) in [5.41, 5.74) is -0.820. The Kier molecular flexibility index (Phi) is 3.53. The number of hydrogen-bond acceptors (Lipinski definition) is 2. The second-order valence-corrected chi connectivity index (χ2v) is 6.80. The minimum Gasteiger partial charge on any atom is -0.385 e. The largest absolute Gasteiger partial charge is 0.416 e. The Balaban J connectivity index is 2.22. The van der Waals surface area contributed by atoms with E-state index in [2.05, 4.69) is 0 Å². The van der Waals surface area contributed by atoms with Crippen molar-refractivity contribution < 1.29 is 18.3 Å². The standard InChI is InChI=1S/C17H15F3OS/c1-10-12-5-3-4-6-14(12)22-15-8-7-11(17(18,19)20)9-13(15)16(10,2)21/h3-10,21H,1-2H3. The molecule has 0 saturated carbocycles. The van der Waals surface area contributed by atoms with E-state index < -0.39 is 17.3 Å². The number of alkyl halides is 3. The van der Waals surface area contributed by atoms with Gasteiger partial charge in [0.2, 0.25) is 0 Å². The van der Waals surface area contributed by atoms with E-state index in [0.29, 0.717) is 10.5 Å². The predicted octanol–water partition coefficient (Wildman–Crippen LogP) is 5.18. The molecule has 1 N–H and O–H groups in total. The van der Waals surface area contributed by atoms with Crippen LogP contribution in [-0.2, 0) is 11.8 Å². The van der Waals surface area contributed by atoms with E-state index in [4.69, 9.17) is 0 Å². The van der Waals surface area contributed by atoms with Crippen molar-refractivity contribution in [1.29, 1.82) is 0 Å². The Hall–Kier alpha value is -1.46. The van der Waals surface area contributed by atoms with E-state index in [-0.39, 0.29) is 5.92 Å². The third kappa shape index (κ3) is 2.42. The quantitative estimate of drug-likeness (QED) is 0.720. The molecule has 1 nitrogen and oxygen atoms in total. The summed E-state index contributed by atoms with van der Waals surface area (Å²) in [4.78, 5) is 1.63. The van der Waals surface area contributed by atoms with Crippen LogP contribution < -0.4 is 0 Å². The van der Waals surface area contributed by atoms with Crippen LogP contribution in [0.25, 0.3) is 0 Å². The predicted molar refractivity (Wildman–Crippen MR) is 80.0 cm³/mol. The maximum Gasteiger partial charge on any atom is 0.416 e. The topological polar surface area (TPSA) is 20.2 Å². The molecule has 0 aromatic heterocycles. The molecule has 2 unspecified atom stereocenters. The number of benzene rings is 2. The molecule has 2 aromatic carbocycles. The maximum absolute atomic E-state index is 13.0. The van der Waals surface area contributed by atoms with Gasteiger partial charge < -0.3 is 5.11 Å². The van der Waals surface area contributed by atoms with E-state index in [1.807, 2.05) is 31.2 Å². The highest BCUT2D eigenvalue weighted by atomic mass is 32.2. The Morgan fingerprint density at radius 2 is 1.77 bits per heavy atom. The van der Waals surface area contributed by atoms with Crippen LogP contribution in [0.3, 0.4) is 0 Å². The van der Waals surface area contributed by atoms with Crippen LogP contribution in [0.4, 0.5) is 13.2 Å². The van der Waals surface area contributed by atoms with Gasteiger partial charge in [-0.25, -0.2) is 0 Å². The molecule has 0 bridgehead atoms. The first-order valence-electron chi connectivity index (χ1n) is 6.92. The second kappa shape index (κ2) is 5.03. The number of halogens is 3. The summed E-state index contributed by atoms with van der Waals surface area (Å²) in [6.45, 7) is 3.42. The van der Waals surface area contributed by atoms with Crippen LogP contribution in [0, 0.1) is 0 Å². The third-order valence-electron chi connectivity index (χ3n) is 4.30. The van der Waals surface area contributed by atoms with Crippen LogP contribution in [-0.4, -0.2) is 5.11 Å². The average molecular weight is 324 g/mol. The highest BCUT2D eigenvalue weighted by Crippen LogP contribution is 2.50. The summed E-state index contributed by atoms with van der Waals surface area (Å²) in [5, 5.41) is 10.9. The van der Waals surface area contributed by atoms with Crippen molar-refractivity contribution in [2.75, 3.05) is 0 Å². The minimum atomic E-state index is -4.42. The third-order valence-corrected chi connectivity index (χ3v) is 5.47. The zero-order chi connectivity index (χ0) is 16.1. The molecular weight excluding hydrogens is 309 g/mol. The van der Waals surface area contributed by atoms with Crippen molar-refractivity contribution >= 4 is 11.8 Å². The van der Waals surface area contributed by atoms with Gasteiger partial charge in [-0.3, -0.25) is 0 Å². The average Bonchev–Trinajstić information content (AvgIpc) is 2.53. The molecule has 0 saturated heterocycles. The molecule has 2 aromatic rings. The molecule has 2 atom stereocenters. The summed E-state index contributed by atoms with van der Waals surface area (Å²) in [6, 6.07) is 11.2. The first kappa shape index (κ1) is 15.4. The molecule has 0 fully saturated rings. The highest BCUT2D eigenvalue weighted by molar-refractivity contribution is 7.99. The fourth-order valence-electron chi connectivity index (χ4n) is 2.78. The molecule has 3 rings (SSSR count). The summed E-state index contributed by atoms with van der Waals surface area (Å²) in [5.74, 6) is -0.305. The van der Waals surface area contributed by atoms with Crippen molar-refractivity contribution in [2.24, 2.45) is 0 Å². The van der Waals surface area contributed by atoms with Crippen molar-refractivity contribution in [1.82, 2.24) is 0 Å². The molecule has 0 radical (unpaired) electrons. The number of hydrogen-bond donors (Lipinski definition) is 1. The number of aliphatic hydroxyl groups is 1. The van der Waals surface area contributed by atoms with Crippen LogP contribution in [0.15, 0.2) is 52.3 Å². The van der Waals surface area contributed by atoms with Crippen molar-refractivity contribution in [3.63, 3.8) is 0 Å². The SMILES string of the molecule is CC1c2ccccc2Sc2ccc(C(F)(F)F)cc2C1(C)O. The van der Waals surface area contributed by atoms with Gasteiger partial charge in [0.1, 0.15) is 0 Å². The highest BCUT2D eigenvalue weighted by Gasteiger charge is 2.40. The monoisotopic (exact) mass is 324 g/mol. The normalized spacial score (nSPS) is 24.4. The lowest BCUT2D eigenvalue weighted by molar-refractivity contribution is -0.137. The summed E-state index contributed by atoms with van der Waals surface area (Å²) < 4.78 is 38.9. The number of fused-ring (bicyclic) bond motifs is 2. The summed E-state index contributed by atoms with van der Waals surface area (Å²) in [6.07, 6.45) is -4.42. The van der Waals surface area contributed by atoms with Crippen molar-refractivity contribution in [3.05, 3.63) is 59.2 Å². The molecule has 22 heavy (non-hydrogen) atoms. The molecule has 116 valence electrons. The van der Waals surface area contributed by atoms with Gasteiger partial charge in [-0.15, -0.1) is 0 Å². The van der Waals surface area contributed by atoms with Crippen LogP contribution in [0.5, 0.6) is 0 Å². The summed E-state index contributed by atoms with van der Waals surface area (Å²) in [7, 11) is 0. The Labute approximate surface area is 131 Å². The molecule has 0 aliphatic carbocycles. The van der Waals surface area contributed by atoms with Gasteiger partial charge >= 0.3 is 6.18 Å². The van der Waals surface area contributed by atoms with E-state index in [1.54, 1.807) is 6.92 Å². The summed E-state index contributed by atoms with van der Waals surface area (Å²) >= 11 is 1.40. The van der Waals surface area contributed by atoms with Gasteiger partial charge in [-0.2, -0.15) is 13.2 Å². The zero-order valence-electron chi connectivity index (χ0n) is 12.1. The van der Waals surface area contributed by atoms with Crippen LogP contribution in [0.1, 0.15) is 36.5 Å². The van der Waals surface area contributed by atoms with Gasteiger partial charge in [0.15, 0.2) is 0 Å². The fraction of sp³-hybridized carbons (Fsp3) is 0.294. The Bertz CT molecular complexity index is 722. The minimum absolute atomic E-state index is 0.305. The van der Waals surface area contributed by atoms with Gasteiger partial charge in [0.25, 0.3) is 0 Å². The molecule has 0 amide bonds. The first-order chi connectivity index (χ1) is 10.2. The van der Waals surface area contributed by atoms with Crippen LogP contribution in [0.2, 0.25) is 0 Å². The Morgan fingerprint density at radius 3 is 2.45 bits per heavy atom. The van der Waals surface area contributed by atoms with Gasteiger partial charge in [0, 0.05) is 15.7 Å². The van der Waals surface area contributed by atoms with Crippen molar-refractivity contribution in [3.8, 4) is 0 Å². The lowest BCUT2D eigenvalue weighted by atomic mass is 9.79. The van der Waals surface area contributed by atoms with Crippen molar-refractivity contribution in [2.45, 2.75) is 41.3 Å². The molecule has 1 aliphatic rings. The lowest BCUT2D eigenvalue weighted by Crippen LogP contribution is -2.28. The van der Waals surface area contributed by atoms with Crippen LogP contribution >= 0.6 is 11.8 Å². The maximum atomic E-state index is 13.0. The smallest absolute Gasteiger partial charge is 0.385 e.